The van der Waals surface area contributed by atoms with Crippen molar-refractivity contribution in [2.24, 2.45) is 5.92 Å². The van der Waals surface area contributed by atoms with Crippen molar-refractivity contribution in [1.82, 2.24) is 10.2 Å². The van der Waals surface area contributed by atoms with Crippen molar-refractivity contribution in [2.45, 2.75) is 25.8 Å². The lowest BCUT2D eigenvalue weighted by Gasteiger charge is -2.31. The third kappa shape index (κ3) is 5.86. The van der Waals surface area contributed by atoms with Gasteiger partial charge >= 0.3 is 0 Å². The molecule has 0 unspecified atom stereocenters. The van der Waals surface area contributed by atoms with Crippen LogP contribution in [0, 0.1) is 5.92 Å². The number of amides is 1. The summed E-state index contributed by atoms with van der Waals surface area (Å²) in [6.07, 6.45) is 2.52. The van der Waals surface area contributed by atoms with Gasteiger partial charge in [0.2, 0.25) is 5.91 Å². The number of benzene rings is 2. The smallest absolute Gasteiger partial charge is 0.223 e. The first-order valence-corrected chi connectivity index (χ1v) is 10.3. The van der Waals surface area contributed by atoms with Crippen LogP contribution < -0.4 is 5.32 Å². The third-order valence-corrected chi connectivity index (χ3v) is 5.99. The molecule has 1 N–H and O–H groups in total. The summed E-state index contributed by atoms with van der Waals surface area (Å²) in [7, 11) is 0. The lowest BCUT2D eigenvalue weighted by Crippen LogP contribution is -2.40. The largest absolute Gasteiger partial charge is 0.356 e. The predicted octanol–water partition coefficient (Wildman–Crippen LogP) is 5.22. The highest BCUT2D eigenvalue weighted by molar-refractivity contribution is 6.36. The maximum atomic E-state index is 12.4. The van der Waals surface area contributed by atoms with Gasteiger partial charge in [-0.3, -0.25) is 9.69 Å². The number of nitrogens with zero attached hydrogens (tertiary/aromatic N) is 1. The van der Waals surface area contributed by atoms with Crippen molar-refractivity contribution in [1.29, 1.82) is 0 Å². The minimum Gasteiger partial charge on any atom is -0.356 e. The van der Waals surface area contributed by atoms with Crippen LogP contribution in [0.3, 0.4) is 0 Å². The third-order valence-electron chi connectivity index (χ3n) is 5.03. The Morgan fingerprint density at radius 2 is 1.63 bits per heavy atom. The monoisotopic (exact) mass is 424 g/mol. The number of halogens is 3. The summed E-state index contributed by atoms with van der Waals surface area (Å²) in [5.74, 6) is 0.229. The first-order valence-electron chi connectivity index (χ1n) is 9.20. The van der Waals surface area contributed by atoms with Gasteiger partial charge in [-0.25, -0.2) is 0 Å². The van der Waals surface area contributed by atoms with Gasteiger partial charge in [0.15, 0.2) is 0 Å². The normalized spacial score (nSPS) is 15.7. The highest BCUT2D eigenvalue weighted by Gasteiger charge is 2.25. The molecule has 1 fully saturated rings. The van der Waals surface area contributed by atoms with E-state index in [2.05, 4.69) is 10.2 Å². The summed E-state index contributed by atoms with van der Waals surface area (Å²) in [6, 6.07) is 13.3. The fourth-order valence-electron chi connectivity index (χ4n) is 3.39. The van der Waals surface area contributed by atoms with Crippen molar-refractivity contribution in [2.75, 3.05) is 19.6 Å². The second-order valence-electron chi connectivity index (χ2n) is 6.92. The number of carbonyl (C=O) groups is 1. The molecular formula is C21H23Cl3N2O. The quantitative estimate of drug-likeness (QED) is 0.688. The summed E-state index contributed by atoms with van der Waals surface area (Å²) in [4.78, 5) is 14.7. The molecule has 0 aromatic heterocycles. The van der Waals surface area contributed by atoms with Crippen LogP contribution in [0.1, 0.15) is 24.0 Å². The number of rotatable bonds is 6. The van der Waals surface area contributed by atoms with Gasteiger partial charge in [-0.2, -0.15) is 0 Å². The molecule has 1 saturated heterocycles. The van der Waals surface area contributed by atoms with E-state index < -0.39 is 0 Å². The summed E-state index contributed by atoms with van der Waals surface area (Å²) in [5.41, 5.74) is 2.14. The van der Waals surface area contributed by atoms with Gasteiger partial charge in [-0.15, -0.1) is 0 Å². The molecule has 3 nitrogen and oxygen atoms in total. The van der Waals surface area contributed by atoms with Crippen molar-refractivity contribution in [3.63, 3.8) is 0 Å². The van der Waals surface area contributed by atoms with Crippen molar-refractivity contribution < 1.29 is 4.79 Å². The number of hydrogen-bond donors (Lipinski definition) is 1. The van der Waals surface area contributed by atoms with E-state index in [1.54, 1.807) is 0 Å². The van der Waals surface area contributed by atoms with Gasteiger partial charge in [0, 0.05) is 39.6 Å². The van der Waals surface area contributed by atoms with Gasteiger partial charge in [0.05, 0.1) is 0 Å². The molecular weight excluding hydrogens is 403 g/mol. The molecule has 1 aliphatic rings. The molecule has 144 valence electrons. The van der Waals surface area contributed by atoms with Crippen molar-refractivity contribution >= 4 is 40.7 Å². The van der Waals surface area contributed by atoms with Crippen molar-refractivity contribution in [3.8, 4) is 0 Å². The van der Waals surface area contributed by atoms with Crippen molar-refractivity contribution in [3.05, 3.63) is 68.7 Å². The molecule has 2 aromatic carbocycles. The number of hydrogen-bond acceptors (Lipinski definition) is 2. The van der Waals surface area contributed by atoms with E-state index in [1.807, 2.05) is 42.5 Å². The Labute approximate surface area is 175 Å². The fourth-order valence-corrected chi connectivity index (χ4v) is 4.03. The number of likely N-dealkylation sites (tertiary alicyclic amines) is 1. The van der Waals surface area contributed by atoms with E-state index >= 15 is 0 Å². The summed E-state index contributed by atoms with van der Waals surface area (Å²) < 4.78 is 0. The van der Waals surface area contributed by atoms with E-state index in [-0.39, 0.29) is 11.8 Å². The molecule has 1 aliphatic heterocycles. The van der Waals surface area contributed by atoms with E-state index in [0.29, 0.717) is 16.6 Å². The molecule has 0 spiro atoms. The van der Waals surface area contributed by atoms with Crippen LogP contribution in [-0.2, 0) is 17.8 Å². The van der Waals surface area contributed by atoms with Crippen LogP contribution >= 0.6 is 34.8 Å². The minimum atomic E-state index is 0.0770. The van der Waals surface area contributed by atoms with Crippen LogP contribution in [0.2, 0.25) is 15.1 Å². The van der Waals surface area contributed by atoms with Gasteiger partial charge in [-0.05, 0) is 62.2 Å². The van der Waals surface area contributed by atoms with Crippen LogP contribution in [0.15, 0.2) is 42.5 Å². The minimum absolute atomic E-state index is 0.0770. The molecule has 0 atom stereocenters. The Bertz CT molecular complexity index is 751. The van der Waals surface area contributed by atoms with Gasteiger partial charge < -0.3 is 5.32 Å². The Hall–Kier alpha value is -1.26. The number of carbonyl (C=O) groups excluding carboxylic acids is 1. The molecule has 0 saturated carbocycles. The second kappa shape index (κ2) is 9.79. The predicted molar refractivity (Wildman–Crippen MR) is 113 cm³/mol. The van der Waals surface area contributed by atoms with E-state index in [0.717, 1.165) is 49.5 Å². The standard InChI is InChI=1S/C21H23Cl3N2O/c22-17-6-4-15(5-7-17)8-11-25-21(27)16-9-12-26(13-10-16)14-18-19(23)2-1-3-20(18)24/h1-7,16H,8-14H2,(H,25,27). The van der Waals surface area contributed by atoms with Gasteiger partial charge in [-0.1, -0.05) is 53.0 Å². The maximum absolute atomic E-state index is 12.4. The first-order chi connectivity index (χ1) is 13.0. The van der Waals surface area contributed by atoms with Gasteiger partial charge in [0.25, 0.3) is 0 Å². The maximum Gasteiger partial charge on any atom is 0.223 e. The topological polar surface area (TPSA) is 32.3 Å². The zero-order valence-electron chi connectivity index (χ0n) is 15.1. The lowest BCUT2D eigenvalue weighted by molar-refractivity contribution is -0.126. The molecule has 0 aliphatic carbocycles. The fraction of sp³-hybridized carbons (Fsp3) is 0.381. The first kappa shape index (κ1) is 20.5. The highest BCUT2D eigenvalue weighted by Crippen LogP contribution is 2.27. The van der Waals surface area contributed by atoms with Crippen LogP contribution in [0.5, 0.6) is 0 Å². The number of piperidine rings is 1. The molecule has 27 heavy (non-hydrogen) atoms. The molecule has 0 radical (unpaired) electrons. The van der Waals surface area contributed by atoms with Crippen LogP contribution in [0.4, 0.5) is 0 Å². The Morgan fingerprint density at radius 3 is 2.26 bits per heavy atom. The van der Waals surface area contributed by atoms with E-state index in [1.165, 1.54) is 5.56 Å². The average molecular weight is 426 g/mol. The molecule has 1 amide bonds. The summed E-state index contributed by atoms with van der Waals surface area (Å²) >= 11 is 18.4. The lowest BCUT2D eigenvalue weighted by atomic mass is 9.95. The molecule has 0 bridgehead atoms. The number of nitrogens with one attached hydrogen (secondary N) is 1. The van der Waals surface area contributed by atoms with Crippen LogP contribution in [0.25, 0.3) is 0 Å². The van der Waals surface area contributed by atoms with Crippen LogP contribution in [-0.4, -0.2) is 30.4 Å². The summed E-state index contributed by atoms with van der Waals surface area (Å²) in [5, 5.41) is 5.19. The zero-order chi connectivity index (χ0) is 19.2. The summed E-state index contributed by atoms with van der Waals surface area (Å²) in [6.45, 7) is 3.12. The molecule has 3 rings (SSSR count). The zero-order valence-corrected chi connectivity index (χ0v) is 17.3. The second-order valence-corrected chi connectivity index (χ2v) is 8.17. The molecule has 1 heterocycles. The highest BCUT2D eigenvalue weighted by atomic mass is 35.5. The Morgan fingerprint density at radius 1 is 1.00 bits per heavy atom. The van der Waals surface area contributed by atoms with E-state index in [4.69, 9.17) is 34.8 Å². The Balaban J connectivity index is 1.42. The van der Waals surface area contributed by atoms with Gasteiger partial charge in [0.1, 0.15) is 0 Å². The van der Waals surface area contributed by atoms with E-state index in [9.17, 15) is 4.79 Å². The average Bonchev–Trinajstić information content (AvgIpc) is 2.67. The molecule has 6 heteroatoms. The Kier molecular flexibility index (Phi) is 7.42. The SMILES string of the molecule is O=C(NCCc1ccc(Cl)cc1)C1CCN(Cc2c(Cl)cccc2Cl)CC1. The molecule has 2 aromatic rings.